The molecular weight excluding hydrogens is 230 g/mol. The molecule has 2 aromatic rings. The molecule has 0 saturated carbocycles. The molecule has 1 heterocycles. The minimum Gasteiger partial charge on any atom is -0.331 e. The Bertz CT molecular complexity index is 630. The Labute approximate surface area is 106 Å². The van der Waals surface area contributed by atoms with Crippen molar-refractivity contribution >= 4 is 23.3 Å². The number of H-pyrrole nitrogens is 1. The highest BCUT2D eigenvalue weighted by molar-refractivity contribution is 7.71. The SMILES string of the molecule is CCC(C)Cn1c(=S)[nH]c2ccc(C#N)cc21. The van der Waals surface area contributed by atoms with Gasteiger partial charge in [-0.15, -0.1) is 0 Å². The van der Waals surface area contributed by atoms with Gasteiger partial charge in [0.2, 0.25) is 0 Å². The molecule has 0 bridgehead atoms. The summed E-state index contributed by atoms with van der Waals surface area (Å²) in [7, 11) is 0. The first-order chi connectivity index (χ1) is 8.15. The zero-order valence-electron chi connectivity index (χ0n) is 10.0. The standard InChI is InChI=1S/C13H15N3S/c1-3-9(2)8-16-12-6-10(7-14)4-5-11(12)15-13(16)17/h4-6,9H,3,8H2,1-2H3,(H,15,17). The van der Waals surface area contributed by atoms with Crippen molar-refractivity contribution in [3.8, 4) is 6.07 Å². The van der Waals surface area contributed by atoms with Gasteiger partial charge in [-0.3, -0.25) is 0 Å². The Kier molecular flexibility index (Phi) is 3.30. The van der Waals surface area contributed by atoms with Crippen LogP contribution in [0, 0.1) is 22.0 Å². The van der Waals surface area contributed by atoms with E-state index in [2.05, 4.69) is 29.5 Å². The van der Waals surface area contributed by atoms with Crippen LogP contribution in [0.25, 0.3) is 11.0 Å². The van der Waals surface area contributed by atoms with Crippen molar-refractivity contribution in [1.82, 2.24) is 9.55 Å². The number of hydrogen-bond donors (Lipinski definition) is 1. The van der Waals surface area contributed by atoms with E-state index in [9.17, 15) is 0 Å². The van der Waals surface area contributed by atoms with Crippen molar-refractivity contribution in [1.29, 1.82) is 5.26 Å². The van der Waals surface area contributed by atoms with E-state index in [1.807, 2.05) is 12.1 Å². The second kappa shape index (κ2) is 4.72. The predicted molar refractivity (Wildman–Crippen MR) is 71.3 cm³/mol. The van der Waals surface area contributed by atoms with Gasteiger partial charge in [-0.1, -0.05) is 20.3 Å². The lowest BCUT2D eigenvalue weighted by Gasteiger charge is -2.10. The molecular formula is C13H15N3S. The van der Waals surface area contributed by atoms with Crippen LogP contribution >= 0.6 is 12.2 Å². The van der Waals surface area contributed by atoms with Crippen molar-refractivity contribution in [2.45, 2.75) is 26.8 Å². The zero-order valence-corrected chi connectivity index (χ0v) is 10.8. The van der Waals surface area contributed by atoms with Gasteiger partial charge in [0.25, 0.3) is 0 Å². The summed E-state index contributed by atoms with van der Waals surface area (Å²) in [6.07, 6.45) is 1.12. The fraction of sp³-hybridized carbons (Fsp3) is 0.385. The number of aromatic nitrogens is 2. The van der Waals surface area contributed by atoms with Crippen LogP contribution in [-0.2, 0) is 6.54 Å². The minimum atomic E-state index is 0.575. The molecule has 0 aliphatic rings. The molecule has 0 radical (unpaired) electrons. The third-order valence-electron chi connectivity index (χ3n) is 3.10. The first-order valence-corrected chi connectivity index (χ1v) is 6.19. The van der Waals surface area contributed by atoms with Crippen LogP contribution in [0.1, 0.15) is 25.8 Å². The molecule has 0 amide bonds. The first kappa shape index (κ1) is 11.9. The second-order valence-electron chi connectivity index (χ2n) is 4.40. The monoisotopic (exact) mass is 245 g/mol. The van der Waals surface area contributed by atoms with E-state index in [4.69, 9.17) is 17.5 Å². The minimum absolute atomic E-state index is 0.575. The number of nitrogens with one attached hydrogen (secondary N) is 1. The number of benzene rings is 1. The second-order valence-corrected chi connectivity index (χ2v) is 4.78. The van der Waals surface area contributed by atoms with Crippen LogP contribution in [0.3, 0.4) is 0 Å². The molecule has 0 aliphatic carbocycles. The van der Waals surface area contributed by atoms with Crippen molar-refractivity contribution < 1.29 is 0 Å². The van der Waals surface area contributed by atoms with Crippen LogP contribution in [0.5, 0.6) is 0 Å². The molecule has 88 valence electrons. The molecule has 17 heavy (non-hydrogen) atoms. The summed E-state index contributed by atoms with van der Waals surface area (Å²) in [5, 5.41) is 8.93. The van der Waals surface area contributed by atoms with Gasteiger partial charge in [0, 0.05) is 6.54 Å². The van der Waals surface area contributed by atoms with Crippen LogP contribution < -0.4 is 0 Å². The first-order valence-electron chi connectivity index (χ1n) is 5.78. The average molecular weight is 245 g/mol. The van der Waals surface area contributed by atoms with Gasteiger partial charge in [0.15, 0.2) is 4.77 Å². The van der Waals surface area contributed by atoms with Crippen molar-refractivity contribution in [3.63, 3.8) is 0 Å². The van der Waals surface area contributed by atoms with E-state index in [1.165, 1.54) is 0 Å². The van der Waals surface area contributed by atoms with Gasteiger partial charge in [0.1, 0.15) is 0 Å². The maximum atomic E-state index is 8.93. The van der Waals surface area contributed by atoms with E-state index in [-0.39, 0.29) is 0 Å². The van der Waals surface area contributed by atoms with Crippen LogP contribution in [0.2, 0.25) is 0 Å². The molecule has 1 aromatic heterocycles. The average Bonchev–Trinajstić information content (AvgIpc) is 2.65. The normalized spacial score (nSPS) is 12.5. The molecule has 1 unspecified atom stereocenters. The lowest BCUT2D eigenvalue weighted by Crippen LogP contribution is -2.06. The quantitative estimate of drug-likeness (QED) is 0.839. The number of aromatic amines is 1. The van der Waals surface area contributed by atoms with Gasteiger partial charge in [-0.05, 0) is 36.3 Å². The van der Waals surface area contributed by atoms with Crippen molar-refractivity contribution in [2.24, 2.45) is 5.92 Å². The summed E-state index contributed by atoms with van der Waals surface area (Å²) in [5.74, 6) is 0.575. The Morgan fingerprint density at radius 1 is 1.53 bits per heavy atom. The molecule has 1 aromatic carbocycles. The Morgan fingerprint density at radius 3 is 2.94 bits per heavy atom. The van der Waals surface area contributed by atoms with Crippen LogP contribution in [-0.4, -0.2) is 9.55 Å². The summed E-state index contributed by atoms with van der Waals surface area (Å²) < 4.78 is 2.81. The Balaban J connectivity index is 2.57. The number of nitrogens with zero attached hydrogens (tertiary/aromatic N) is 2. The van der Waals surface area contributed by atoms with E-state index in [0.717, 1.165) is 28.8 Å². The van der Waals surface area contributed by atoms with Gasteiger partial charge in [-0.25, -0.2) is 0 Å². The topological polar surface area (TPSA) is 44.5 Å². The van der Waals surface area contributed by atoms with E-state index < -0.39 is 0 Å². The molecule has 1 N–H and O–H groups in total. The van der Waals surface area contributed by atoms with Gasteiger partial charge in [-0.2, -0.15) is 5.26 Å². The van der Waals surface area contributed by atoms with Crippen molar-refractivity contribution in [2.75, 3.05) is 0 Å². The summed E-state index contributed by atoms with van der Waals surface area (Å²) >= 11 is 5.32. The molecule has 0 fully saturated rings. The van der Waals surface area contributed by atoms with Crippen molar-refractivity contribution in [3.05, 3.63) is 28.5 Å². The number of nitriles is 1. The maximum absolute atomic E-state index is 8.93. The highest BCUT2D eigenvalue weighted by Gasteiger charge is 2.08. The lowest BCUT2D eigenvalue weighted by atomic mass is 10.1. The maximum Gasteiger partial charge on any atom is 0.178 e. The highest BCUT2D eigenvalue weighted by atomic mass is 32.1. The Morgan fingerprint density at radius 2 is 2.29 bits per heavy atom. The van der Waals surface area contributed by atoms with E-state index in [0.29, 0.717) is 11.5 Å². The van der Waals surface area contributed by atoms with Crippen LogP contribution in [0.15, 0.2) is 18.2 Å². The van der Waals surface area contributed by atoms with Gasteiger partial charge >= 0.3 is 0 Å². The number of fused-ring (bicyclic) bond motifs is 1. The third kappa shape index (κ3) is 2.25. The summed E-state index contributed by atoms with van der Waals surface area (Å²) in [6.45, 7) is 5.27. The fourth-order valence-electron chi connectivity index (χ4n) is 1.84. The lowest BCUT2D eigenvalue weighted by molar-refractivity contribution is 0.473. The summed E-state index contributed by atoms with van der Waals surface area (Å²) in [4.78, 5) is 3.18. The van der Waals surface area contributed by atoms with Gasteiger partial charge < -0.3 is 9.55 Å². The number of hydrogen-bond acceptors (Lipinski definition) is 2. The summed E-state index contributed by atoms with van der Waals surface area (Å²) in [6, 6.07) is 7.77. The Hall–Kier alpha value is -1.60. The molecule has 3 nitrogen and oxygen atoms in total. The number of imidazole rings is 1. The molecule has 0 aliphatic heterocycles. The number of rotatable bonds is 3. The van der Waals surface area contributed by atoms with Crippen LogP contribution in [0.4, 0.5) is 0 Å². The fourth-order valence-corrected chi connectivity index (χ4v) is 2.13. The summed E-state index contributed by atoms with van der Waals surface area (Å²) in [5.41, 5.74) is 2.69. The largest absolute Gasteiger partial charge is 0.331 e. The van der Waals surface area contributed by atoms with Gasteiger partial charge in [0.05, 0.1) is 22.7 Å². The van der Waals surface area contributed by atoms with E-state index >= 15 is 0 Å². The third-order valence-corrected chi connectivity index (χ3v) is 3.42. The predicted octanol–water partition coefficient (Wildman–Crippen LogP) is 3.62. The molecule has 4 heteroatoms. The molecule has 0 spiro atoms. The smallest absolute Gasteiger partial charge is 0.178 e. The highest BCUT2D eigenvalue weighted by Crippen LogP contribution is 2.18. The zero-order chi connectivity index (χ0) is 12.4. The molecule has 0 saturated heterocycles. The molecule has 2 rings (SSSR count). The van der Waals surface area contributed by atoms with E-state index in [1.54, 1.807) is 6.07 Å². The molecule has 1 atom stereocenters.